The molecule has 0 amide bonds. The molecule has 1 aromatic heterocycles. The van der Waals surface area contributed by atoms with Gasteiger partial charge in [-0.05, 0) is 31.5 Å². The third kappa shape index (κ3) is 1.87. The molecule has 1 aromatic carbocycles. The van der Waals surface area contributed by atoms with Crippen molar-refractivity contribution in [1.29, 1.82) is 0 Å². The van der Waals surface area contributed by atoms with Crippen LogP contribution >= 0.6 is 0 Å². The SMILES string of the molecule is CC(C)(N)C(O)c1ccc2[nH]c(=O)[nH]c2c1. The largest absolute Gasteiger partial charge is 0.387 e. The van der Waals surface area contributed by atoms with Crippen molar-refractivity contribution in [3.63, 3.8) is 0 Å². The predicted octanol–water partition coefficient (Wildman–Crippen LogP) is 0.627. The molecule has 0 aliphatic heterocycles. The number of hydrogen-bond acceptors (Lipinski definition) is 3. The first-order valence-corrected chi connectivity index (χ1v) is 5.07. The maximum absolute atomic E-state index is 11.1. The molecule has 0 fully saturated rings. The first-order chi connectivity index (χ1) is 7.38. The highest BCUT2D eigenvalue weighted by Gasteiger charge is 2.24. The minimum absolute atomic E-state index is 0.256. The molecule has 5 nitrogen and oxygen atoms in total. The van der Waals surface area contributed by atoms with Crippen molar-refractivity contribution >= 4 is 11.0 Å². The molecular weight excluding hydrogens is 206 g/mol. The van der Waals surface area contributed by atoms with Crippen LogP contribution in [-0.2, 0) is 0 Å². The number of fused-ring (bicyclic) bond motifs is 1. The summed E-state index contributed by atoms with van der Waals surface area (Å²) in [5, 5.41) is 10.00. The number of rotatable bonds is 2. The van der Waals surface area contributed by atoms with E-state index in [-0.39, 0.29) is 5.69 Å². The van der Waals surface area contributed by atoms with Crippen molar-refractivity contribution in [2.24, 2.45) is 5.73 Å². The average molecular weight is 221 g/mol. The van der Waals surface area contributed by atoms with Crippen molar-refractivity contribution in [2.45, 2.75) is 25.5 Å². The van der Waals surface area contributed by atoms with Gasteiger partial charge < -0.3 is 20.8 Å². The summed E-state index contributed by atoms with van der Waals surface area (Å²) in [6.45, 7) is 3.50. The number of aliphatic hydroxyl groups excluding tert-OH is 1. The number of hydrogen-bond donors (Lipinski definition) is 4. The van der Waals surface area contributed by atoms with Gasteiger partial charge in [-0.25, -0.2) is 4.79 Å². The molecule has 0 aliphatic carbocycles. The average Bonchev–Trinajstić information content (AvgIpc) is 2.54. The second-order valence-electron chi connectivity index (χ2n) is 4.61. The summed E-state index contributed by atoms with van der Waals surface area (Å²) in [6, 6.07) is 5.23. The van der Waals surface area contributed by atoms with E-state index in [9.17, 15) is 9.90 Å². The van der Waals surface area contributed by atoms with Gasteiger partial charge in [-0.1, -0.05) is 6.07 Å². The Bertz CT molecular complexity index is 562. The molecule has 0 spiro atoms. The van der Waals surface area contributed by atoms with Crippen LogP contribution in [0.5, 0.6) is 0 Å². The highest BCUT2D eigenvalue weighted by Crippen LogP contribution is 2.24. The fourth-order valence-electron chi connectivity index (χ4n) is 1.65. The molecule has 5 heteroatoms. The molecule has 86 valence electrons. The number of H-pyrrole nitrogens is 2. The fraction of sp³-hybridized carbons (Fsp3) is 0.364. The zero-order valence-electron chi connectivity index (χ0n) is 9.24. The lowest BCUT2D eigenvalue weighted by molar-refractivity contribution is 0.105. The van der Waals surface area contributed by atoms with Crippen molar-refractivity contribution in [1.82, 2.24) is 9.97 Å². The Labute approximate surface area is 92.3 Å². The quantitative estimate of drug-likeness (QED) is 0.599. The smallest absolute Gasteiger partial charge is 0.323 e. The maximum atomic E-state index is 11.1. The summed E-state index contributed by atoms with van der Waals surface area (Å²) in [4.78, 5) is 16.4. The van der Waals surface area contributed by atoms with Crippen LogP contribution in [0.2, 0.25) is 0 Å². The summed E-state index contributed by atoms with van der Waals surface area (Å²) in [5.41, 5.74) is 6.94. The van der Waals surface area contributed by atoms with E-state index in [0.29, 0.717) is 11.1 Å². The Morgan fingerprint density at radius 2 is 1.94 bits per heavy atom. The first-order valence-electron chi connectivity index (χ1n) is 5.07. The molecule has 2 rings (SSSR count). The van der Waals surface area contributed by atoms with Crippen LogP contribution in [0.3, 0.4) is 0 Å². The van der Waals surface area contributed by atoms with Gasteiger partial charge in [-0.15, -0.1) is 0 Å². The second-order valence-corrected chi connectivity index (χ2v) is 4.61. The maximum Gasteiger partial charge on any atom is 0.323 e. The normalized spacial score (nSPS) is 14.2. The molecule has 5 N–H and O–H groups in total. The highest BCUT2D eigenvalue weighted by atomic mass is 16.3. The Balaban J connectivity index is 2.50. The lowest BCUT2D eigenvalue weighted by atomic mass is 9.92. The van der Waals surface area contributed by atoms with Gasteiger partial charge in [0.25, 0.3) is 0 Å². The highest BCUT2D eigenvalue weighted by molar-refractivity contribution is 5.75. The van der Waals surface area contributed by atoms with Crippen LogP contribution in [0, 0.1) is 0 Å². The van der Waals surface area contributed by atoms with Gasteiger partial charge in [0.15, 0.2) is 0 Å². The van der Waals surface area contributed by atoms with Crippen LogP contribution in [0.1, 0.15) is 25.5 Å². The Morgan fingerprint density at radius 1 is 1.31 bits per heavy atom. The molecule has 1 unspecified atom stereocenters. The van der Waals surface area contributed by atoms with Crippen molar-refractivity contribution < 1.29 is 5.11 Å². The van der Waals surface area contributed by atoms with E-state index in [0.717, 1.165) is 5.52 Å². The predicted molar refractivity (Wildman–Crippen MR) is 62.1 cm³/mol. The van der Waals surface area contributed by atoms with Crippen molar-refractivity contribution in [3.8, 4) is 0 Å². The van der Waals surface area contributed by atoms with Crippen molar-refractivity contribution in [2.75, 3.05) is 0 Å². The van der Waals surface area contributed by atoms with Crippen molar-refractivity contribution in [3.05, 3.63) is 34.2 Å². The summed E-state index contributed by atoms with van der Waals surface area (Å²) in [7, 11) is 0. The lowest BCUT2D eigenvalue weighted by Crippen LogP contribution is -2.39. The Hall–Kier alpha value is -1.59. The standard InChI is InChI=1S/C11H15N3O2/c1-11(2,12)9(15)6-3-4-7-8(5-6)14-10(16)13-7/h3-5,9,15H,12H2,1-2H3,(H2,13,14,16). The first kappa shape index (κ1) is 10.9. The van der Waals surface area contributed by atoms with E-state index in [2.05, 4.69) is 9.97 Å². The lowest BCUT2D eigenvalue weighted by Gasteiger charge is -2.26. The van der Waals surface area contributed by atoms with Gasteiger partial charge in [0.1, 0.15) is 0 Å². The molecule has 2 aromatic rings. The van der Waals surface area contributed by atoms with E-state index >= 15 is 0 Å². The molecule has 0 radical (unpaired) electrons. The zero-order chi connectivity index (χ0) is 11.9. The van der Waals surface area contributed by atoms with Gasteiger partial charge in [0.2, 0.25) is 0 Å². The summed E-state index contributed by atoms with van der Waals surface area (Å²) in [6.07, 6.45) is -0.768. The zero-order valence-corrected chi connectivity index (χ0v) is 9.24. The number of aromatic amines is 2. The van der Waals surface area contributed by atoms with Crippen LogP contribution < -0.4 is 11.4 Å². The van der Waals surface area contributed by atoms with E-state index in [1.807, 2.05) is 0 Å². The number of aromatic nitrogens is 2. The Kier molecular flexibility index (Phi) is 2.36. The summed E-state index contributed by atoms with van der Waals surface area (Å²) in [5.74, 6) is 0. The molecule has 0 saturated heterocycles. The van der Waals surface area contributed by atoms with Crippen LogP contribution in [0.25, 0.3) is 11.0 Å². The third-order valence-electron chi connectivity index (χ3n) is 2.56. The number of imidazole rings is 1. The fourth-order valence-corrected chi connectivity index (χ4v) is 1.65. The molecule has 1 heterocycles. The van der Waals surface area contributed by atoms with Crippen LogP contribution in [0.4, 0.5) is 0 Å². The van der Waals surface area contributed by atoms with E-state index in [1.165, 1.54) is 0 Å². The van der Waals surface area contributed by atoms with Gasteiger partial charge in [-0.2, -0.15) is 0 Å². The summed E-state index contributed by atoms with van der Waals surface area (Å²) < 4.78 is 0. The van der Waals surface area contributed by atoms with Gasteiger partial charge in [-0.3, -0.25) is 0 Å². The van der Waals surface area contributed by atoms with Crippen LogP contribution in [0.15, 0.2) is 23.0 Å². The van der Waals surface area contributed by atoms with Gasteiger partial charge in [0, 0.05) is 5.54 Å². The molecule has 0 bridgehead atoms. The molecular formula is C11H15N3O2. The topological polar surface area (TPSA) is 94.9 Å². The number of aliphatic hydroxyl groups is 1. The molecule has 0 saturated carbocycles. The number of nitrogens with two attached hydrogens (primary N) is 1. The minimum Gasteiger partial charge on any atom is -0.387 e. The van der Waals surface area contributed by atoms with Gasteiger partial charge >= 0.3 is 5.69 Å². The summed E-state index contributed by atoms with van der Waals surface area (Å²) >= 11 is 0. The minimum atomic E-state index is -0.768. The Morgan fingerprint density at radius 3 is 2.56 bits per heavy atom. The van der Waals surface area contributed by atoms with E-state index in [4.69, 9.17) is 5.73 Å². The second kappa shape index (κ2) is 3.47. The molecule has 16 heavy (non-hydrogen) atoms. The van der Waals surface area contributed by atoms with E-state index < -0.39 is 11.6 Å². The monoisotopic (exact) mass is 221 g/mol. The van der Waals surface area contributed by atoms with Gasteiger partial charge in [0.05, 0.1) is 17.1 Å². The third-order valence-corrected chi connectivity index (χ3v) is 2.56. The number of benzene rings is 1. The molecule has 0 aliphatic rings. The van der Waals surface area contributed by atoms with E-state index in [1.54, 1.807) is 32.0 Å². The number of nitrogens with one attached hydrogen (secondary N) is 2. The molecule has 1 atom stereocenters. The van der Waals surface area contributed by atoms with Crippen LogP contribution in [-0.4, -0.2) is 20.6 Å².